The molecule has 0 atom stereocenters. The monoisotopic (exact) mass is 307 g/mol. The van der Waals surface area contributed by atoms with Crippen LogP contribution in [0.4, 0.5) is 0 Å². The quantitative estimate of drug-likeness (QED) is 0.644. The first-order chi connectivity index (χ1) is 11.0. The molecule has 0 spiro atoms. The van der Waals surface area contributed by atoms with Gasteiger partial charge in [-0.25, -0.2) is 9.78 Å². The summed E-state index contributed by atoms with van der Waals surface area (Å²) in [4.78, 5) is 15.4. The van der Waals surface area contributed by atoms with Crippen LogP contribution in [0.3, 0.4) is 0 Å². The molecule has 5 nitrogen and oxygen atoms in total. The van der Waals surface area contributed by atoms with Gasteiger partial charge in [-0.15, -0.1) is 0 Å². The molecule has 0 saturated carbocycles. The summed E-state index contributed by atoms with van der Waals surface area (Å²) in [5.41, 5.74) is 2.35. The van der Waals surface area contributed by atoms with Crippen molar-refractivity contribution in [1.29, 1.82) is 0 Å². The number of phenols is 2. The highest BCUT2D eigenvalue weighted by atomic mass is 16.4. The Balaban J connectivity index is 1.91. The van der Waals surface area contributed by atoms with E-state index in [1.54, 1.807) is 36.4 Å². The van der Waals surface area contributed by atoms with Crippen molar-refractivity contribution < 1.29 is 20.1 Å². The Morgan fingerprint density at radius 2 is 1.74 bits per heavy atom. The Hall–Kier alpha value is -3.34. The Morgan fingerprint density at radius 1 is 0.913 bits per heavy atom. The minimum Gasteiger partial charge on any atom is -0.504 e. The van der Waals surface area contributed by atoms with Crippen molar-refractivity contribution in [3.63, 3.8) is 0 Å². The van der Waals surface area contributed by atoms with E-state index in [-0.39, 0.29) is 17.1 Å². The van der Waals surface area contributed by atoms with Crippen molar-refractivity contribution in [3.8, 4) is 11.5 Å². The maximum Gasteiger partial charge on any atom is 0.335 e. The van der Waals surface area contributed by atoms with Crippen LogP contribution in [0.1, 0.15) is 21.6 Å². The van der Waals surface area contributed by atoms with Gasteiger partial charge in [0.1, 0.15) is 0 Å². The Labute approximate surface area is 131 Å². The van der Waals surface area contributed by atoms with Crippen molar-refractivity contribution in [3.05, 3.63) is 65.4 Å². The highest BCUT2D eigenvalue weighted by molar-refractivity contribution is 5.93. The van der Waals surface area contributed by atoms with E-state index in [0.717, 1.165) is 10.9 Å². The number of aromatic hydroxyl groups is 2. The number of carbonyl (C=O) groups is 1. The fourth-order valence-electron chi connectivity index (χ4n) is 2.19. The lowest BCUT2D eigenvalue weighted by atomic mass is 10.1. The van der Waals surface area contributed by atoms with Gasteiger partial charge >= 0.3 is 5.97 Å². The van der Waals surface area contributed by atoms with E-state index < -0.39 is 5.97 Å². The maximum atomic E-state index is 11.0. The molecule has 114 valence electrons. The lowest BCUT2D eigenvalue weighted by Crippen LogP contribution is -1.95. The maximum absolute atomic E-state index is 11.0. The summed E-state index contributed by atoms with van der Waals surface area (Å²) in [6.45, 7) is 0. The molecular formula is C18H13NO4. The number of carboxylic acids is 1. The zero-order chi connectivity index (χ0) is 16.4. The summed E-state index contributed by atoms with van der Waals surface area (Å²) in [7, 11) is 0. The van der Waals surface area contributed by atoms with Gasteiger partial charge in [-0.2, -0.15) is 0 Å². The predicted molar refractivity (Wildman–Crippen MR) is 87.4 cm³/mol. The van der Waals surface area contributed by atoms with Crippen LogP contribution in [-0.4, -0.2) is 26.3 Å². The summed E-state index contributed by atoms with van der Waals surface area (Å²) < 4.78 is 0. The van der Waals surface area contributed by atoms with Crippen LogP contribution >= 0.6 is 0 Å². The molecule has 0 fully saturated rings. The summed E-state index contributed by atoms with van der Waals surface area (Å²) in [5.74, 6) is -1.32. The molecule has 0 bridgehead atoms. The molecule has 0 radical (unpaired) electrons. The van der Waals surface area contributed by atoms with E-state index in [1.165, 1.54) is 18.2 Å². The van der Waals surface area contributed by atoms with E-state index in [4.69, 9.17) is 5.11 Å². The van der Waals surface area contributed by atoms with E-state index in [0.29, 0.717) is 11.2 Å². The number of hydrogen-bond acceptors (Lipinski definition) is 4. The van der Waals surface area contributed by atoms with E-state index in [9.17, 15) is 15.0 Å². The van der Waals surface area contributed by atoms with Gasteiger partial charge in [0.25, 0.3) is 0 Å². The third-order valence-electron chi connectivity index (χ3n) is 3.40. The number of nitrogens with zero attached hydrogens (tertiary/aromatic N) is 1. The van der Waals surface area contributed by atoms with Crippen LogP contribution < -0.4 is 0 Å². The van der Waals surface area contributed by atoms with Crippen LogP contribution in [0.15, 0.2) is 48.5 Å². The topological polar surface area (TPSA) is 90.7 Å². The predicted octanol–water partition coefficient (Wildman–Crippen LogP) is 3.51. The SMILES string of the molecule is O=C(O)c1ccc2nc(/C=C/c3ccc(O)c(O)c3)ccc2c1. The molecule has 0 amide bonds. The number of rotatable bonds is 3. The molecule has 2 aromatic carbocycles. The lowest BCUT2D eigenvalue weighted by molar-refractivity contribution is 0.0697. The zero-order valence-corrected chi connectivity index (χ0v) is 12.0. The smallest absolute Gasteiger partial charge is 0.335 e. The molecule has 1 aromatic heterocycles. The van der Waals surface area contributed by atoms with Gasteiger partial charge in [-0.1, -0.05) is 18.2 Å². The first-order valence-electron chi connectivity index (χ1n) is 6.87. The Bertz CT molecular complexity index is 931. The summed E-state index contributed by atoms with van der Waals surface area (Å²) in [6.07, 6.45) is 3.54. The van der Waals surface area contributed by atoms with Gasteiger partial charge in [-0.05, 0) is 48.0 Å². The van der Waals surface area contributed by atoms with E-state index in [2.05, 4.69) is 4.98 Å². The number of phenolic OH excluding ortho intramolecular Hbond substituents is 2. The highest BCUT2D eigenvalue weighted by Gasteiger charge is 2.04. The molecule has 1 heterocycles. The molecule has 5 heteroatoms. The number of aromatic carboxylic acids is 1. The van der Waals surface area contributed by atoms with Crippen molar-refractivity contribution in [2.45, 2.75) is 0 Å². The van der Waals surface area contributed by atoms with Gasteiger partial charge in [-0.3, -0.25) is 0 Å². The average Bonchev–Trinajstić information content (AvgIpc) is 2.55. The normalized spacial score (nSPS) is 11.1. The molecular weight excluding hydrogens is 294 g/mol. The van der Waals surface area contributed by atoms with Crippen LogP contribution in [0, 0.1) is 0 Å². The third-order valence-corrected chi connectivity index (χ3v) is 3.40. The number of hydrogen-bond donors (Lipinski definition) is 3. The van der Waals surface area contributed by atoms with Crippen molar-refractivity contribution in [2.75, 3.05) is 0 Å². The Morgan fingerprint density at radius 3 is 2.48 bits per heavy atom. The number of pyridine rings is 1. The minimum atomic E-state index is -0.969. The fraction of sp³-hybridized carbons (Fsp3) is 0. The van der Waals surface area contributed by atoms with Crippen LogP contribution in [-0.2, 0) is 0 Å². The van der Waals surface area contributed by atoms with Gasteiger partial charge in [0.15, 0.2) is 11.5 Å². The number of aromatic nitrogens is 1. The molecule has 0 saturated heterocycles. The molecule has 0 aliphatic carbocycles. The second kappa shape index (κ2) is 5.81. The summed E-state index contributed by atoms with van der Waals surface area (Å²) in [5, 5.41) is 28.5. The first-order valence-corrected chi connectivity index (χ1v) is 6.87. The van der Waals surface area contributed by atoms with Gasteiger partial charge < -0.3 is 15.3 Å². The molecule has 3 N–H and O–H groups in total. The van der Waals surface area contributed by atoms with Gasteiger partial charge in [0.05, 0.1) is 16.8 Å². The number of fused-ring (bicyclic) bond motifs is 1. The summed E-state index contributed by atoms with van der Waals surface area (Å²) >= 11 is 0. The standard InChI is InChI=1S/C18H13NO4/c20-16-8-2-11(9-17(16)21)1-5-14-6-3-12-10-13(18(22)23)4-7-15(12)19-14/h1-10,20-21H,(H,22,23)/b5-1+. The molecule has 0 unspecified atom stereocenters. The van der Waals surface area contributed by atoms with Crippen molar-refractivity contribution in [2.24, 2.45) is 0 Å². The molecule has 0 aliphatic rings. The van der Waals surface area contributed by atoms with E-state index >= 15 is 0 Å². The number of carboxylic acid groups (broad SMARTS) is 1. The van der Waals surface area contributed by atoms with Gasteiger partial charge in [0, 0.05) is 5.39 Å². The van der Waals surface area contributed by atoms with Crippen LogP contribution in [0.25, 0.3) is 23.1 Å². The fourth-order valence-corrected chi connectivity index (χ4v) is 2.19. The second-order valence-electron chi connectivity index (χ2n) is 5.03. The molecule has 3 aromatic rings. The first kappa shape index (κ1) is 14.6. The largest absolute Gasteiger partial charge is 0.504 e. The number of benzene rings is 2. The average molecular weight is 307 g/mol. The van der Waals surface area contributed by atoms with Gasteiger partial charge in [0.2, 0.25) is 0 Å². The van der Waals surface area contributed by atoms with Crippen LogP contribution in [0.2, 0.25) is 0 Å². The van der Waals surface area contributed by atoms with E-state index in [1.807, 2.05) is 6.07 Å². The summed E-state index contributed by atoms with van der Waals surface area (Å²) in [6, 6.07) is 12.9. The molecule has 0 aliphatic heterocycles. The van der Waals surface area contributed by atoms with Crippen molar-refractivity contribution >= 4 is 29.0 Å². The molecule has 23 heavy (non-hydrogen) atoms. The highest BCUT2D eigenvalue weighted by Crippen LogP contribution is 2.25. The zero-order valence-electron chi connectivity index (χ0n) is 12.0. The van der Waals surface area contributed by atoms with Crippen LogP contribution in [0.5, 0.6) is 11.5 Å². The van der Waals surface area contributed by atoms with Crippen molar-refractivity contribution in [1.82, 2.24) is 4.98 Å². The minimum absolute atomic E-state index is 0.166. The Kier molecular flexibility index (Phi) is 3.68. The lowest BCUT2D eigenvalue weighted by Gasteiger charge is -2.01. The third kappa shape index (κ3) is 3.13. The second-order valence-corrected chi connectivity index (χ2v) is 5.03. The molecule has 3 rings (SSSR count).